The Hall–Kier alpha value is -1.92. The fraction of sp³-hybridized carbons (Fsp3) is 0.571. The Morgan fingerprint density at radius 1 is 1.28 bits per heavy atom. The molecule has 0 fully saturated rings. The van der Waals surface area contributed by atoms with Crippen molar-refractivity contribution in [2.24, 2.45) is 9.50 Å². The van der Waals surface area contributed by atoms with Crippen LogP contribution >= 0.6 is 11.3 Å². The molecule has 2 aromatic rings. The van der Waals surface area contributed by atoms with Crippen LogP contribution in [0.4, 0.5) is 10.5 Å². The highest BCUT2D eigenvalue weighted by atomic mass is 32.2. The number of hydrogen-bond donors (Lipinski definition) is 4. The zero-order valence-corrected chi connectivity index (χ0v) is 20.3. The Bertz CT molecular complexity index is 1220. The number of nitrogens with two attached hydrogens (primary N) is 1. The fourth-order valence-electron chi connectivity index (χ4n) is 4.36. The Morgan fingerprint density at radius 3 is 2.66 bits per heavy atom. The number of aromatic nitrogens is 2. The van der Waals surface area contributed by atoms with E-state index in [4.69, 9.17) is 10.1 Å². The molecule has 11 heteroatoms. The number of aliphatic hydroxyl groups is 2. The lowest BCUT2D eigenvalue weighted by Crippen LogP contribution is -2.20. The van der Waals surface area contributed by atoms with Crippen LogP contribution in [0.1, 0.15) is 73.8 Å². The number of thiazole rings is 1. The van der Waals surface area contributed by atoms with Crippen molar-refractivity contribution in [3.05, 3.63) is 33.2 Å². The summed E-state index contributed by atoms with van der Waals surface area (Å²) in [6.07, 6.45) is 4.40. The molecule has 2 aromatic heterocycles. The van der Waals surface area contributed by atoms with Crippen molar-refractivity contribution in [3.63, 3.8) is 0 Å². The van der Waals surface area contributed by atoms with Crippen LogP contribution in [0, 0.1) is 0 Å². The quantitative estimate of drug-likeness (QED) is 0.529. The van der Waals surface area contributed by atoms with Gasteiger partial charge in [-0.2, -0.15) is 0 Å². The van der Waals surface area contributed by atoms with Crippen molar-refractivity contribution in [1.29, 1.82) is 0 Å². The predicted molar refractivity (Wildman–Crippen MR) is 123 cm³/mol. The van der Waals surface area contributed by atoms with E-state index in [1.807, 2.05) is 0 Å². The van der Waals surface area contributed by atoms with Crippen molar-refractivity contribution in [1.82, 2.24) is 9.97 Å². The van der Waals surface area contributed by atoms with E-state index in [-0.39, 0.29) is 20.3 Å². The highest BCUT2D eigenvalue weighted by molar-refractivity contribution is 7.93. The van der Waals surface area contributed by atoms with Crippen LogP contribution in [-0.4, -0.2) is 30.4 Å². The van der Waals surface area contributed by atoms with Crippen molar-refractivity contribution in [2.75, 3.05) is 5.32 Å². The molecule has 0 aliphatic heterocycles. The number of fused-ring (bicyclic) bond motifs is 2. The van der Waals surface area contributed by atoms with Crippen LogP contribution in [0.15, 0.2) is 8.57 Å². The smallest absolute Gasteiger partial charge is 0.354 e. The van der Waals surface area contributed by atoms with Crippen molar-refractivity contribution in [3.8, 4) is 0 Å². The first kappa shape index (κ1) is 23.2. The summed E-state index contributed by atoms with van der Waals surface area (Å²) in [6, 6.07) is -0.813. The van der Waals surface area contributed by atoms with Crippen LogP contribution in [-0.2, 0) is 46.8 Å². The molecular formula is C21H29N5O4S2. The molecule has 2 aliphatic carbocycles. The predicted octanol–water partition coefficient (Wildman–Crippen LogP) is 2.90. The number of urea groups is 1. The summed E-state index contributed by atoms with van der Waals surface area (Å²) in [5.41, 5.74) is 3.42. The second kappa shape index (κ2) is 7.84. The van der Waals surface area contributed by atoms with Gasteiger partial charge in [0.1, 0.15) is 14.8 Å². The minimum absolute atomic E-state index is 0.0152. The van der Waals surface area contributed by atoms with Gasteiger partial charge >= 0.3 is 6.03 Å². The van der Waals surface area contributed by atoms with Crippen LogP contribution in [0.2, 0.25) is 0 Å². The number of nitrogens with one attached hydrogen (secondary N) is 1. The molecule has 0 saturated heterocycles. The third-order valence-corrected chi connectivity index (χ3v) is 9.39. The van der Waals surface area contributed by atoms with Crippen molar-refractivity contribution < 1.29 is 19.2 Å². The number of carbonyl (C=O) groups is 1. The summed E-state index contributed by atoms with van der Waals surface area (Å²) < 4.78 is 17.0. The molecule has 2 amide bonds. The van der Waals surface area contributed by atoms with Gasteiger partial charge < -0.3 is 15.5 Å². The highest BCUT2D eigenvalue weighted by Crippen LogP contribution is 2.44. The van der Waals surface area contributed by atoms with Gasteiger partial charge in [0.25, 0.3) is 0 Å². The maximum absolute atomic E-state index is 13.2. The van der Waals surface area contributed by atoms with Gasteiger partial charge in [0.15, 0.2) is 9.92 Å². The largest absolute Gasteiger partial charge is 0.390 e. The first-order valence-electron chi connectivity index (χ1n) is 10.6. The Kier molecular flexibility index (Phi) is 5.70. The second-order valence-electron chi connectivity index (χ2n) is 9.54. The van der Waals surface area contributed by atoms with E-state index in [1.54, 1.807) is 0 Å². The van der Waals surface area contributed by atoms with E-state index in [0.717, 1.165) is 71.6 Å². The molecule has 2 aliphatic rings. The lowest BCUT2D eigenvalue weighted by molar-refractivity contribution is 0.0779. The van der Waals surface area contributed by atoms with Crippen LogP contribution in [0.3, 0.4) is 0 Å². The molecule has 9 nitrogen and oxygen atoms in total. The number of anilines is 1. The zero-order chi connectivity index (χ0) is 23.5. The van der Waals surface area contributed by atoms with Gasteiger partial charge in [-0.25, -0.2) is 19.1 Å². The highest BCUT2D eigenvalue weighted by Gasteiger charge is 2.36. The van der Waals surface area contributed by atoms with E-state index < -0.39 is 28.2 Å². The monoisotopic (exact) mass is 479 g/mol. The molecule has 5 N–H and O–H groups in total. The Balaban J connectivity index is 1.72. The van der Waals surface area contributed by atoms with E-state index in [2.05, 4.69) is 28.5 Å². The van der Waals surface area contributed by atoms with E-state index in [9.17, 15) is 19.2 Å². The molecule has 0 bridgehead atoms. The molecule has 4 rings (SSSR count). The summed E-state index contributed by atoms with van der Waals surface area (Å²) in [6.45, 7) is 6.80. The minimum atomic E-state index is -3.68. The first-order valence-corrected chi connectivity index (χ1v) is 13.0. The van der Waals surface area contributed by atoms with Crippen molar-refractivity contribution in [2.45, 2.75) is 81.6 Å². The lowest BCUT2D eigenvalue weighted by atomic mass is 9.90. The van der Waals surface area contributed by atoms with Gasteiger partial charge in [0.2, 0.25) is 0 Å². The molecule has 0 radical (unpaired) electrons. The number of rotatable bonds is 4. The summed E-state index contributed by atoms with van der Waals surface area (Å²) in [7, 11) is -3.68. The Labute approximate surface area is 191 Å². The summed E-state index contributed by atoms with van der Waals surface area (Å²) >= 11 is 0.881. The number of aryl methyl sites for hydroxylation is 1. The summed E-state index contributed by atoms with van der Waals surface area (Å²) in [5.74, 6) is 0. The zero-order valence-electron chi connectivity index (χ0n) is 18.7. The minimum Gasteiger partial charge on any atom is -0.390 e. The molecule has 1 atom stereocenters. The Morgan fingerprint density at radius 2 is 2.00 bits per heavy atom. The number of carbonyl (C=O) groups excluding carboxylic acids is 1. The third-order valence-electron chi connectivity index (χ3n) is 6.02. The van der Waals surface area contributed by atoms with Crippen LogP contribution < -0.4 is 10.5 Å². The van der Waals surface area contributed by atoms with Crippen LogP contribution in [0.5, 0.6) is 0 Å². The van der Waals surface area contributed by atoms with E-state index in [1.165, 1.54) is 13.8 Å². The average molecular weight is 480 g/mol. The maximum atomic E-state index is 13.2. The SMILES string of the molecule is CC(C)(O)c1nc(CO)c([S@@](N)(=O)=NC(=O)Nc2c3c(nc4c2CCC4(C)C)CCC3)s1. The first-order chi connectivity index (χ1) is 14.8. The van der Waals surface area contributed by atoms with E-state index in [0.29, 0.717) is 0 Å². The molecule has 174 valence electrons. The molecule has 0 aromatic carbocycles. The standard InChI is InChI=1S/C21H29N5O4S2/c1-20(2)9-8-12-15(11-6-5-7-13(11)23-16(12)20)25-19(28)26-32(22,30)17-14(10-27)24-18(31-17)21(3,4)29/h27,29H,5-10H2,1-4H3,(H3,22,23,25,26,28,30)/t32-/m0/s1. The van der Waals surface area contributed by atoms with Gasteiger partial charge in [-0.1, -0.05) is 13.8 Å². The van der Waals surface area contributed by atoms with Gasteiger partial charge in [-0.15, -0.1) is 15.7 Å². The van der Waals surface area contributed by atoms with Crippen LogP contribution in [0.25, 0.3) is 0 Å². The molecule has 2 heterocycles. The van der Waals surface area contributed by atoms with E-state index >= 15 is 0 Å². The molecule has 0 spiro atoms. The van der Waals surface area contributed by atoms with Gasteiger partial charge in [0.05, 0.1) is 23.7 Å². The molecule has 0 unspecified atom stereocenters. The number of pyridine rings is 1. The summed E-state index contributed by atoms with van der Waals surface area (Å²) in [5, 5.41) is 28.9. The lowest BCUT2D eigenvalue weighted by Gasteiger charge is -2.20. The van der Waals surface area contributed by atoms with Crippen molar-refractivity contribution >= 4 is 33.0 Å². The third kappa shape index (κ3) is 4.08. The number of nitrogens with zero attached hydrogens (tertiary/aromatic N) is 3. The fourth-order valence-corrected chi connectivity index (χ4v) is 6.81. The second-order valence-corrected chi connectivity index (χ2v) is 12.5. The number of aliphatic hydroxyl groups excluding tert-OH is 1. The average Bonchev–Trinajstić information content (AvgIpc) is 3.38. The normalized spacial score (nSPS) is 18.7. The molecule has 32 heavy (non-hydrogen) atoms. The molecule has 0 saturated carbocycles. The maximum Gasteiger partial charge on any atom is 0.354 e. The topological polar surface area (TPSA) is 151 Å². The molecular weight excluding hydrogens is 450 g/mol. The number of amides is 2. The van der Waals surface area contributed by atoms with Gasteiger partial charge in [0, 0.05) is 11.1 Å². The van der Waals surface area contributed by atoms with Gasteiger partial charge in [-0.05, 0) is 57.1 Å². The number of hydrogen-bond acceptors (Lipinski definition) is 7. The summed E-state index contributed by atoms with van der Waals surface area (Å²) in [4.78, 5) is 21.9. The van der Waals surface area contributed by atoms with Gasteiger partial charge in [-0.3, -0.25) is 4.98 Å².